The summed E-state index contributed by atoms with van der Waals surface area (Å²) in [6, 6.07) is 14.2. The molecule has 1 heterocycles. The number of methoxy groups -OCH3 is 2. The van der Waals surface area contributed by atoms with Gasteiger partial charge in [0.2, 0.25) is 0 Å². The van der Waals surface area contributed by atoms with Gasteiger partial charge in [0.05, 0.1) is 14.2 Å². The van der Waals surface area contributed by atoms with Gasteiger partial charge in [-0.2, -0.15) is 0 Å². The van der Waals surface area contributed by atoms with Gasteiger partial charge in [-0.1, -0.05) is 12.1 Å². The lowest BCUT2D eigenvalue weighted by Gasteiger charge is -2.10. The lowest BCUT2D eigenvalue weighted by Crippen LogP contribution is -2.30. The van der Waals surface area contributed by atoms with Gasteiger partial charge < -0.3 is 24.5 Å². The lowest BCUT2D eigenvalue weighted by molar-refractivity contribution is -0.123. The fourth-order valence-corrected chi connectivity index (χ4v) is 2.61. The van der Waals surface area contributed by atoms with Crippen LogP contribution in [0.1, 0.15) is 5.56 Å². The van der Waals surface area contributed by atoms with Crippen molar-refractivity contribution in [3.63, 3.8) is 0 Å². The van der Waals surface area contributed by atoms with Crippen LogP contribution in [0, 0.1) is 0 Å². The molecule has 140 valence electrons. The number of hydrogen-bond donors (Lipinski definition) is 2. The van der Waals surface area contributed by atoms with Gasteiger partial charge in [0.1, 0.15) is 5.75 Å². The Kier molecular flexibility index (Phi) is 5.61. The van der Waals surface area contributed by atoms with Gasteiger partial charge in [-0.05, 0) is 36.4 Å². The van der Waals surface area contributed by atoms with Crippen molar-refractivity contribution in [2.45, 2.75) is 6.54 Å². The quantitative estimate of drug-likeness (QED) is 0.668. The molecule has 1 aromatic heterocycles. The van der Waals surface area contributed by atoms with E-state index in [1.165, 1.54) is 7.11 Å². The zero-order valence-corrected chi connectivity index (χ0v) is 15.1. The van der Waals surface area contributed by atoms with E-state index in [-0.39, 0.29) is 24.6 Å². The number of aromatic amines is 1. The van der Waals surface area contributed by atoms with Crippen molar-refractivity contribution in [1.29, 1.82) is 0 Å². The fourth-order valence-electron chi connectivity index (χ4n) is 2.61. The predicted octanol–water partition coefficient (Wildman–Crippen LogP) is 2.24. The maximum atomic E-state index is 12.2. The third-order valence-corrected chi connectivity index (χ3v) is 4.03. The minimum atomic E-state index is -0.342. The zero-order chi connectivity index (χ0) is 19.2. The monoisotopic (exact) mass is 368 g/mol. The Bertz CT molecular complexity index is 1010. The molecule has 0 aliphatic heterocycles. The molecule has 0 atom stereocenters. The van der Waals surface area contributed by atoms with Gasteiger partial charge in [-0.3, -0.25) is 9.59 Å². The first-order chi connectivity index (χ1) is 13.1. The number of fused-ring (bicyclic) bond motifs is 1. The summed E-state index contributed by atoms with van der Waals surface area (Å²) < 4.78 is 15.8. The number of para-hydroxylation sites is 2. The van der Waals surface area contributed by atoms with Gasteiger partial charge >= 0.3 is 0 Å². The first-order valence-electron chi connectivity index (χ1n) is 8.33. The smallest absolute Gasteiger partial charge is 0.258 e. The molecule has 2 N–H and O–H groups in total. The number of benzene rings is 2. The minimum Gasteiger partial charge on any atom is -0.497 e. The molecule has 27 heavy (non-hydrogen) atoms. The van der Waals surface area contributed by atoms with Gasteiger partial charge in [0.25, 0.3) is 11.5 Å². The Balaban J connectivity index is 1.64. The molecular formula is C20H20N2O5. The van der Waals surface area contributed by atoms with Crippen LogP contribution in [0.4, 0.5) is 0 Å². The van der Waals surface area contributed by atoms with Crippen molar-refractivity contribution >= 4 is 16.8 Å². The van der Waals surface area contributed by atoms with E-state index in [9.17, 15) is 9.59 Å². The predicted molar refractivity (Wildman–Crippen MR) is 101 cm³/mol. The second-order valence-electron chi connectivity index (χ2n) is 5.79. The van der Waals surface area contributed by atoms with E-state index in [1.54, 1.807) is 43.5 Å². The van der Waals surface area contributed by atoms with Crippen molar-refractivity contribution in [1.82, 2.24) is 10.3 Å². The van der Waals surface area contributed by atoms with Crippen molar-refractivity contribution < 1.29 is 19.0 Å². The summed E-state index contributed by atoms with van der Waals surface area (Å²) in [5, 5.41) is 3.51. The number of pyridine rings is 1. The standard InChI is InChI=1S/C20H20N2O5/c1-25-15-7-8-16-13(10-15)9-14(20(24)22-16)11-21-19(23)12-27-18-6-4-3-5-17(18)26-2/h3-10H,11-12H2,1-2H3,(H,21,23)(H,22,24). The van der Waals surface area contributed by atoms with E-state index in [0.717, 1.165) is 5.39 Å². The number of H-pyrrole nitrogens is 1. The normalized spacial score (nSPS) is 10.4. The summed E-state index contributed by atoms with van der Waals surface area (Å²) in [4.78, 5) is 27.0. The van der Waals surface area contributed by atoms with E-state index in [2.05, 4.69) is 10.3 Å². The SMILES string of the molecule is COc1ccc2[nH]c(=O)c(CNC(=O)COc3ccccc3OC)cc2c1. The Morgan fingerprint density at radius 2 is 1.81 bits per heavy atom. The first kappa shape index (κ1) is 18.3. The molecule has 0 saturated carbocycles. The molecule has 0 radical (unpaired) electrons. The van der Waals surface area contributed by atoms with E-state index in [0.29, 0.717) is 28.3 Å². The molecule has 3 aromatic rings. The van der Waals surface area contributed by atoms with Crippen LogP contribution in [0.3, 0.4) is 0 Å². The van der Waals surface area contributed by atoms with E-state index < -0.39 is 0 Å². The van der Waals surface area contributed by atoms with Crippen LogP contribution in [0.5, 0.6) is 17.2 Å². The summed E-state index contributed by atoms with van der Waals surface area (Å²) in [5.74, 6) is 1.37. The van der Waals surface area contributed by atoms with Crippen molar-refractivity contribution in [2.24, 2.45) is 0 Å². The number of carbonyl (C=O) groups is 1. The Labute approximate surface area is 155 Å². The molecule has 0 bridgehead atoms. The Hall–Kier alpha value is -3.48. The maximum Gasteiger partial charge on any atom is 0.258 e. The third kappa shape index (κ3) is 4.38. The Morgan fingerprint density at radius 1 is 1.04 bits per heavy atom. The molecule has 3 rings (SSSR count). The summed E-state index contributed by atoms with van der Waals surface area (Å²) >= 11 is 0. The second kappa shape index (κ2) is 8.27. The van der Waals surface area contributed by atoms with Gasteiger partial charge in [0, 0.05) is 23.0 Å². The molecule has 0 unspecified atom stereocenters. The highest BCUT2D eigenvalue weighted by atomic mass is 16.5. The van der Waals surface area contributed by atoms with E-state index in [1.807, 2.05) is 12.1 Å². The van der Waals surface area contributed by atoms with Crippen LogP contribution < -0.4 is 25.1 Å². The number of amides is 1. The molecule has 1 amide bonds. The highest BCUT2D eigenvalue weighted by Crippen LogP contribution is 2.25. The fraction of sp³-hybridized carbons (Fsp3) is 0.200. The van der Waals surface area contributed by atoms with Crippen LogP contribution in [0.2, 0.25) is 0 Å². The van der Waals surface area contributed by atoms with Gasteiger partial charge in [0.15, 0.2) is 18.1 Å². The van der Waals surface area contributed by atoms with E-state index >= 15 is 0 Å². The van der Waals surface area contributed by atoms with Crippen LogP contribution in [-0.2, 0) is 11.3 Å². The van der Waals surface area contributed by atoms with Crippen LogP contribution >= 0.6 is 0 Å². The lowest BCUT2D eigenvalue weighted by atomic mass is 10.1. The third-order valence-electron chi connectivity index (χ3n) is 4.03. The highest BCUT2D eigenvalue weighted by molar-refractivity contribution is 5.81. The van der Waals surface area contributed by atoms with Gasteiger partial charge in [-0.25, -0.2) is 0 Å². The first-order valence-corrected chi connectivity index (χ1v) is 8.33. The average Bonchev–Trinajstić information content (AvgIpc) is 2.70. The minimum absolute atomic E-state index is 0.0939. The number of nitrogens with one attached hydrogen (secondary N) is 2. The number of rotatable bonds is 7. The van der Waals surface area contributed by atoms with Crippen molar-refractivity contribution in [2.75, 3.05) is 20.8 Å². The molecule has 0 aliphatic carbocycles. The summed E-state index contributed by atoms with van der Waals surface area (Å²) in [6.07, 6.45) is 0. The number of aromatic nitrogens is 1. The average molecular weight is 368 g/mol. The summed E-state index contributed by atoms with van der Waals surface area (Å²) in [7, 11) is 3.11. The largest absolute Gasteiger partial charge is 0.497 e. The highest BCUT2D eigenvalue weighted by Gasteiger charge is 2.09. The molecule has 0 spiro atoms. The van der Waals surface area contributed by atoms with Crippen LogP contribution in [0.15, 0.2) is 53.3 Å². The number of carbonyl (C=O) groups excluding carboxylic acids is 1. The topological polar surface area (TPSA) is 89.7 Å². The molecule has 0 aliphatic rings. The Morgan fingerprint density at radius 3 is 2.56 bits per heavy atom. The molecule has 2 aromatic carbocycles. The molecule has 0 fully saturated rings. The van der Waals surface area contributed by atoms with Crippen molar-refractivity contribution in [3.05, 3.63) is 64.4 Å². The van der Waals surface area contributed by atoms with Crippen molar-refractivity contribution in [3.8, 4) is 17.2 Å². The molecular weight excluding hydrogens is 348 g/mol. The number of hydrogen-bond acceptors (Lipinski definition) is 5. The maximum absolute atomic E-state index is 12.2. The number of ether oxygens (including phenoxy) is 3. The molecule has 0 saturated heterocycles. The summed E-state index contributed by atoms with van der Waals surface area (Å²) in [5.41, 5.74) is 0.899. The molecule has 7 heteroatoms. The molecule has 7 nitrogen and oxygen atoms in total. The summed E-state index contributed by atoms with van der Waals surface area (Å²) in [6.45, 7) is -0.0870. The van der Waals surface area contributed by atoms with Crippen LogP contribution in [-0.4, -0.2) is 31.7 Å². The van der Waals surface area contributed by atoms with Crippen LogP contribution in [0.25, 0.3) is 10.9 Å². The zero-order valence-electron chi connectivity index (χ0n) is 15.1. The van der Waals surface area contributed by atoms with E-state index in [4.69, 9.17) is 14.2 Å². The van der Waals surface area contributed by atoms with Gasteiger partial charge in [-0.15, -0.1) is 0 Å². The second-order valence-corrected chi connectivity index (χ2v) is 5.79.